The Hall–Kier alpha value is -2.28. The number of carboxylic acids is 1. The van der Waals surface area contributed by atoms with Crippen molar-refractivity contribution < 1.29 is 28.9 Å². The van der Waals surface area contributed by atoms with Gasteiger partial charge in [0.25, 0.3) is 5.91 Å². The molecule has 1 heterocycles. The third-order valence-electron chi connectivity index (χ3n) is 5.66. The van der Waals surface area contributed by atoms with Gasteiger partial charge in [0.2, 0.25) is 0 Å². The van der Waals surface area contributed by atoms with E-state index in [1.165, 1.54) is 0 Å². The van der Waals surface area contributed by atoms with Gasteiger partial charge in [0.05, 0.1) is 19.1 Å². The maximum atomic E-state index is 12.6. The van der Waals surface area contributed by atoms with Gasteiger partial charge in [-0.05, 0) is 62.6 Å². The van der Waals surface area contributed by atoms with Crippen LogP contribution in [0.5, 0.6) is 11.5 Å². The molecular formula is C21H29NO6. The molecule has 1 unspecified atom stereocenters. The van der Waals surface area contributed by atoms with Gasteiger partial charge < -0.3 is 24.6 Å². The number of hydrogen-bond acceptors (Lipinski definition) is 5. The van der Waals surface area contributed by atoms with Crippen LogP contribution in [-0.4, -0.2) is 50.0 Å². The van der Waals surface area contributed by atoms with Crippen LogP contribution >= 0.6 is 0 Å². The highest BCUT2D eigenvalue weighted by Crippen LogP contribution is 2.32. The summed E-state index contributed by atoms with van der Waals surface area (Å²) in [6.07, 6.45) is 5.86. The van der Waals surface area contributed by atoms with Gasteiger partial charge in [-0.3, -0.25) is 9.59 Å². The van der Waals surface area contributed by atoms with Crippen LogP contribution in [0.3, 0.4) is 0 Å². The zero-order chi connectivity index (χ0) is 19.9. The second kappa shape index (κ2) is 9.78. The third-order valence-corrected chi connectivity index (χ3v) is 5.66. The van der Waals surface area contributed by atoms with Crippen molar-refractivity contribution in [2.45, 2.75) is 44.6 Å². The molecule has 2 fully saturated rings. The normalized spacial score (nSPS) is 19.2. The minimum atomic E-state index is -0.882. The summed E-state index contributed by atoms with van der Waals surface area (Å²) < 4.78 is 16.7. The van der Waals surface area contributed by atoms with E-state index in [1.807, 2.05) is 0 Å². The smallest absolute Gasteiger partial charge is 0.308 e. The third kappa shape index (κ3) is 5.16. The molecule has 1 amide bonds. The van der Waals surface area contributed by atoms with E-state index < -0.39 is 11.9 Å². The van der Waals surface area contributed by atoms with Crippen molar-refractivity contribution in [2.24, 2.45) is 11.8 Å². The number of benzene rings is 1. The summed E-state index contributed by atoms with van der Waals surface area (Å²) in [6.45, 7) is 1.25. The predicted octanol–water partition coefficient (Wildman–Crippen LogP) is 2.87. The number of aliphatic carboxylic acids is 1. The van der Waals surface area contributed by atoms with Gasteiger partial charge in [-0.1, -0.05) is 0 Å². The Kier molecular flexibility index (Phi) is 7.14. The number of hydrogen-bond donors (Lipinski definition) is 2. The van der Waals surface area contributed by atoms with E-state index in [9.17, 15) is 14.7 Å². The highest BCUT2D eigenvalue weighted by atomic mass is 16.5. The van der Waals surface area contributed by atoms with E-state index in [0.29, 0.717) is 43.1 Å². The molecule has 0 spiro atoms. The first-order valence-electron chi connectivity index (χ1n) is 10.0. The molecule has 7 nitrogen and oxygen atoms in total. The molecule has 1 aliphatic carbocycles. The number of methoxy groups -OCH3 is 1. The number of rotatable bonds is 8. The quantitative estimate of drug-likeness (QED) is 0.708. The van der Waals surface area contributed by atoms with Crippen molar-refractivity contribution in [3.63, 3.8) is 0 Å². The van der Waals surface area contributed by atoms with Crippen molar-refractivity contribution in [2.75, 3.05) is 26.9 Å². The van der Waals surface area contributed by atoms with Crippen LogP contribution < -0.4 is 14.8 Å². The molecule has 3 rings (SSSR count). The lowest BCUT2D eigenvalue weighted by molar-refractivity contribution is -0.144. The van der Waals surface area contributed by atoms with Crippen LogP contribution in [-0.2, 0) is 9.53 Å². The summed E-state index contributed by atoms with van der Waals surface area (Å²) in [7, 11) is 1.57. The van der Waals surface area contributed by atoms with Crippen molar-refractivity contribution in [1.29, 1.82) is 0 Å². The van der Waals surface area contributed by atoms with Crippen LogP contribution in [0, 0.1) is 11.8 Å². The zero-order valence-electron chi connectivity index (χ0n) is 16.3. The minimum absolute atomic E-state index is 0.0173. The molecule has 1 aromatic carbocycles. The fourth-order valence-corrected chi connectivity index (χ4v) is 3.97. The fourth-order valence-electron chi connectivity index (χ4n) is 3.97. The van der Waals surface area contributed by atoms with Crippen LogP contribution in [0.15, 0.2) is 18.2 Å². The monoisotopic (exact) mass is 391 g/mol. The molecule has 28 heavy (non-hydrogen) atoms. The topological polar surface area (TPSA) is 94.1 Å². The molecular weight excluding hydrogens is 362 g/mol. The molecule has 0 radical (unpaired) electrons. The summed E-state index contributed by atoms with van der Waals surface area (Å²) >= 11 is 0. The molecule has 154 valence electrons. The average Bonchev–Trinajstić information content (AvgIpc) is 3.21. The van der Waals surface area contributed by atoms with Crippen molar-refractivity contribution in [3.8, 4) is 11.5 Å². The Labute approximate surface area is 165 Å². The summed E-state index contributed by atoms with van der Waals surface area (Å²) in [5, 5.41) is 12.3. The summed E-state index contributed by atoms with van der Waals surface area (Å²) in [5.74, 6) is -0.635. The van der Waals surface area contributed by atoms with Crippen molar-refractivity contribution in [1.82, 2.24) is 5.32 Å². The lowest BCUT2D eigenvalue weighted by Crippen LogP contribution is -2.39. The largest absolute Gasteiger partial charge is 0.493 e. The first-order chi connectivity index (χ1) is 13.6. The van der Waals surface area contributed by atoms with Gasteiger partial charge in [-0.2, -0.15) is 0 Å². The van der Waals surface area contributed by atoms with Gasteiger partial charge in [0.15, 0.2) is 11.5 Å². The second-order valence-corrected chi connectivity index (χ2v) is 7.49. The Morgan fingerprint density at radius 3 is 2.54 bits per heavy atom. The molecule has 2 N–H and O–H groups in total. The van der Waals surface area contributed by atoms with Gasteiger partial charge in [-0.25, -0.2) is 0 Å². The standard InChI is InChI=1S/C21H29NO6/c1-26-18-7-6-15(12-19(18)28-16-4-2-3-5-16)20(23)22-13-17(21(24)25)14-8-10-27-11-9-14/h6-7,12,14,16-17H,2-5,8-11,13H2,1H3,(H,22,23)(H,24,25). The summed E-state index contributed by atoms with van der Waals surface area (Å²) in [4.78, 5) is 24.3. The first kappa shape index (κ1) is 20.5. The highest BCUT2D eigenvalue weighted by molar-refractivity contribution is 5.95. The molecule has 0 bridgehead atoms. The molecule has 0 aromatic heterocycles. The molecule has 7 heteroatoms. The van der Waals surface area contributed by atoms with Crippen molar-refractivity contribution in [3.05, 3.63) is 23.8 Å². The Morgan fingerprint density at radius 1 is 1.18 bits per heavy atom. The Bertz CT molecular complexity index is 679. The number of carbonyl (C=O) groups excluding carboxylic acids is 1. The maximum absolute atomic E-state index is 12.6. The van der Waals surface area contributed by atoms with E-state index in [4.69, 9.17) is 14.2 Å². The highest BCUT2D eigenvalue weighted by Gasteiger charge is 2.30. The molecule has 1 aliphatic heterocycles. The van der Waals surface area contributed by atoms with Gasteiger partial charge >= 0.3 is 5.97 Å². The lowest BCUT2D eigenvalue weighted by atomic mass is 9.86. The van der Waals surface area contributed by atoms with E-state index in [-0.39, 0.29) is 24.5 Å². The number of nitrogens with one attached hydrogen (secondary N) is 1. The molecule has 1 saturated heterocycles. The Balaban J connectivity index is 1.64. The summed E-state index contributed by atoms with van der Waals surface area (Å²) in [6, 6.07) is 5.06. The number of ether oxygens (including phenoxy) is 3. The molecule has 2 aliphatic rings. The predicted molar refractivity (Wildman–Crippen MR) is 103 cm³/mol. The van der Waals surface area contributed by atoms with Crippen LogP contribution in [0.2, 0.25) is 0 Å². The second-order valence-electron chi connectivity index (χ2n) is 7.49. The van der Waals surface area contributed by atoms with E-state index in [1.54, 1.807) is 25.3 Å². The minimum Gasteiger partial charge on any atom is -0.493 e. The van der Waals surface area contributed by atoms with E-state index in [0.717, 1.165) is 25.7 Å². The fraction of sp³-hybridized carbons (Fsp3) is 0.619. The van der Waals surface area contributed by atoms with E-state index >= 15 is 0 Å². The van der Waals surface area contributed by atoms with Crippen LogP contribution in [0.1, 0.15) is 48.9 Å². The summed E-state index contributed by atoms with van der Waals surface area (Å²) in [5.41, 5.74) is 0.435. The Morgan fingerprint density at radius 2 is 1.89 bits per heavy atom. The first-order valence-corrected chi connectivity index (χ1v) is 10.0. The maximum Gasteiger partial charge on any atom is 0.308 e. The molecule has 1 saturated carbocycles. The molecule has 1 atom stereocenters. The lowest BCUT2D eigenvalue weighted by Gasteiger charge is -2.27. The SMILES string of the molecule is COc1ccc(C(=O)NCC(C(=O)O)C2CCOCC2)cc1OC1CCCC1. The van der Waals surface area contributed by atoms with Gasteiger partial charge in [-0.15, -0.1) is 0 Å². The molecule has 1 aromatic rings. The number of amides is 1. The van der Waals surface area contributed by atoms with Crippen molar-refractivity contribution >= 4 is 11.9 Å². The number of carbonyl (C=O) groups is 2. The number of carboxylic acid groups (broad SMARTS) is 1. The van der Waals surface area contributed by atoms with Gasteiger partial charge in [0.1, 0.15) is 0 Å². The average molecular weight is 391 g/mol. The van der Waals surface area contributed by atoms with Gasteiger partial charge in [0, 0.05) is 25.3 Å². The van der Waals surface area contributed by atoms with Crippen LogP contribution in [0.4, 0.5) is 0 Å². The van der Waals surface area contributed by atoms with E-state index in [2.05, 4.69) is 5.32 Å². The zero-order valence-corrected chi connectivity index (χ0v) is 16.3. The van der Waals surface area contributed by atoms with Crippen LogP contribution in [0.25, 0.3) is 0 Å².